The highest BCUT2D eigenvalue weighted by molar-refractivity contribution is 7.89. The van der Waals surface area contributed by atoms with E-state index in [0.717, 1.165) is 41.6 Å². The van der Waals surface area contributed by atoms with Crippen molar-refractivity contribution < 1.29 is 18.0 Å². The Labute approximate surface area is 208 Å². The van der Waals surface area contributed by atoms with Crippen molar-refractivity contribution in [2.45, 2.75) is 64.3 Å². The number of aryl methyl sites for hydroxylation is 3. The molecule has 0 aromatic heterocycles. The molecule has 7 nitrogen and oxygen atoms in total. The van der Waals surface area contributed by atoms with Crippen LogP contribution in [0.15, 0.2) is 41.3 Å². The van der Waals surface area contributed by atoms with Crippen LogP contribution in [0.2, 0.25) is 0 Å². The third kappa shape index (κ3) is 5.76. The van der Waals surface area contributed by atoms with Crippen LogP contribution in [0, 0.1) is 26.7 Å². The lowest BCUT2D eigenvalue weighted by Gasteiger charge is -2.31. The Kier molecular flexibility index (Phi) is 7.62. The smallest absolute Gasteiger partial charge is 0.243 e. The van der Waals surface area contributed by atoms with Crippen LogP contribution in [-0.4, -0.2) is 49.1 Å². The molecule has 0 atom stereocenters. The second-order valence-electron chi connectivity index (χ2n) is 9.87. The van der Waals surface area contributed by atoms with E-state index in [1.165, 1.54) is 4.31 Å². The maximum atomic E-state index is 13.3. The fourth-order valence-corrected chi connectivity index (χ4v) is 7.18. The van der Waals surface area contributed by atoms with Crippen molar-refractivity contribution in [2.24, 2.45) is 5.92 Å². The van der Waals surface area contributed by atoms with Crippen molar-refractivity contribution in [3.8, 4) is 0 Å². The highest BCUT2D eigenvalue weighted by Crippen LogP contribution is 2.29. The number of benzene rings is 2. The number of piperidine rings is 2. The number of sulfonamides is 1. The molecule has 4 rings (SSSR count). The first-order chi connectivity index (χ1) is 16.6. The van der Waals surface area contributed by atoms with Crippen molar-refractivity contribution in [1.29, 1.82) is 0 Å². The van der Waals surface area contributed by atoms with Crippen molar-refractivity contribution in [1.82, 2.24) is 9.21 Å². The molecular weight excluding hydrogens is 462 g/mol. The van der Waals surface area contributed by atoms with E-state index in [1.807, 2.05) is 62.1 Å². The average Bonchev–Trinajstić information content (AvgIpc) is 2.80. The molecule has 0 aliphatic carbocycles. The number of carbonyl (C=O) groups is 2. The molecule has 2 heterocycles. The van der Waals surface area contributed by atoms with E-state index < -0.39 is 10.0 Å². The molecule has 0 spiro atoms. The Morgan fingerprint density at radius 1 is 1.00 bits per heavy atom. The van der Waals surface area contributed by atoms with Crippen LogP contribution in [-0.2, 0) is 26.2 Å². The molecule has 0 unspecified atom stereocenters. The van der Waals surface area contributed by atoms with Gasteiger partial charge in [-0.15, -0.1) is 0 Å². The number of anilines is 1. The Morgan fingerprint density at radius 3 is 2.34 bits per heavy atom. The van der Waals surface area contributed by atoms with Gasteiger partial charge in [-0.05, 0) is 75.3 Å². The Balaban J connectivity index is 1.36. The summed E-state index contributed by atoms with van der Waals surface area (Å²) in [5, 5.41) is 3.00. The predicted octanol–water partition coefficient (Wildman–Crippen LogP) is 4.16. The summed E-state index contributed by atoms with van der Waals surface area (Å²) in [6.07, 6.45) is 3.55. The van der Waals surface area contributed by atoms with Crippen molar-refractivity contribution in [3.63, 3.8) is 0 Å². The molecule has 2 fully saturated rings. The van der Waals surface area contributed by atoms with Crippen LogP contribution < -0.4 is 5.32 Å². The second-order valence-corrected chi connectivity index (χ2v) is 11.7. The van der Waals surface area contributed by atoms with Crippen LogP contribution in [0.4, 0.5) is 5.69 Å². The van der Waals surface area contributed by atoms with Crippen molar-refractivity contribution in [3.05, 3.63) is 58.7 Å². The summed E-state index contributed by atoms with van der Waals surface area (Å²) in [6.45, 7) is 7.61. The summed E-state index contributed by atoms with van der Waals surface area (Å²) in [4.78, 5) is 27.3. The van der Waals surface area contributed by atoms with Crippen LogP contribution in [0.1, 0.15) is 54.4 Å². The summed E-state index contributed by atoms with van der Waals surface area (Å²) in [5.74, 6) is -0.145. The fourth-order valence-electron chi connectivity index (χ4n) is 5.30. The normalized spacial score (nSPS) is 18.0. The topological polar surface area (TPSA) is 86.8 Å². The number of likely N-dealkylation sites (tertiary alicyclic amines) is 1. The van der Waals surface area contributed by atoms with Gasteiger partial charge in [0.1, 0.15) is 0 Å². The van der Waals surface area contributed by atoms with Gasteiger partial charge in [0.05, 0.1) is 4.90 Å². The minimum Gasteiger partial charge on any atom is -0.338 e. The third-order valence-corrected chi connectivity index (χ3v) is 9.22. The molecular formula is C27H35N3O4S. The molecule has 1 N–H and O–H groups in total. The lowest BCUT2D eigenvalue weighted by molar-refractivity contribution is -0.133. The molecule has 0 bridgehead atoms. The molecule has 2 aliphatic heterocycles. The first kappa shape index (κ1) is 25.4. The highest BCUT2D eigenvalue weighted by atomic mass is 32.2. The SMILES string of the molecule is Cc1cc(C)c(S(=O)(=O)N2CCC(C(=O)Nc3cccc(CN4CCCCC4=O)c3)CC2)c(C)c1. The minimum atomic E-state index is -3.60. The van der Waals surface area contributed by atoms with Gasteiger partial charge in [-0.2, -0.15) is 4.31 Å². The van der Waals surface area contributed by atoms with Gasteiger partial charge in [0.25, 0.3) is 0 Å². The molecule has 2 aromatic carbocycles. The molecule has 2 aliphatic rings. The van der Waals surface area contributed by atoms with Crippen LogP contribution in [0.5, 0.6) is 0 Å². The van der Waals surface area contributed by atoms with E-state index in [-0.39, 0.29) is 17.7 Å². The zero-order chi connectivity index (χ0) is 25.2. The zero-order valence-corrected chi connectivity index (χ0v) is 21.7. The standard InChI is InChI=1S/C27H35N3O4S/c1-19-15-20(2)26(21(3)16-19)35(33,34)30-13-10-23(11-14-30)27(32)28-24-8-6-7-22(17-24)18-29-12-5-4-9-25(29)31/h6-8,15-17,23H,4-5,9-14,18H2,1-3H3,(H,28,32). The van der Waals surface area contributed by atoms with Gasteiger partial charge < -0.3 is 10.2 Å². The Morgan fingerprint density at radius 2 is 1.69 bits per heavy atom. The van der Waals surface area contributed by atoms with Crippen LogP contribution >= 0.6 is 0 Å². The number of carbonyl (C=O) groups excluding carboxylic acids is 2. The lowest BCUT2D eigenvalue weighted by Crippen LogP contribution is -2.41. The van der Waals surface area contributed by atoms with Crippen molar-refractivity contribution >= 4 is 27.5 Å². The number of rotatable bonds is 6. The minimum absolute atomic E-state index is 0.0871. The number of hydrogen-bond acceptors (Lipinski definition) is 4. The lowest BCUT2D eigenvalue weighted by atomic mass is 9.97. The van der Waals surface area contributed by atoms with Gasteiger partial charge in [0.2, 0.25) is 21.8 Å². The molecule has 0 radical (unpaired) electrons. The quantitative estimate of drug-likeness (QED) is 0.649. The van der Waals surface area contributed by atoms with E-state index in [0.29, 0.717) is 49.5 Å². The van der Waals surface area contributed by atoms with E-state index in [4.69, 9.17) is 0 Å². The van der Waals surface area contributed by atoms with Gasteiger partial charge in [-0.25, -0.2) is 8.42 Å². The van der Waals surface area contributed by atoms with E-state index in [1.54, 1.807) is 0 Å². The van der Waals surface area contributed by atoms with Gasteiger partial charge in [-0.3, -0.25) is 9.59 Å². The first-order valence-corrected chi connectivity index (χ1v) is 13.8. The van der Waals surface area contributed by atoms with E-state index in [9.17, 15) is 18.0 Å². The van der Waals surface area contributed by atoms with Crippen LogP contribution in [0.25, 0.3) is 0 Å². The molecule has 2 saturated heterocycles. The summed E-state index contributed by atoms with van der Waals surface area (Å²) in [7, 11) is -3.60. The molecule has 2 aromatic rings. The number of hydrogen-bond donors (Lipinski definition) is 1. The molecule has 0 saturated carbocycles. The first-order valence-electron chi connectivity index (χ1n) is 12.4. The number of amides is 2. The largest absolute Gasteiger partial charge is 0.338 e. The molecule has 2 amide bonds. The van der Waals surface area contributed by atoms with Gasteiger partial charge in [0.15, 0.2) is 0 Å². The molecule has 35 heavy (non-hydrogen) atoms. The molecule has 188 valence electrons. The highest BCUT2D eigenvalue weighted by Gasteiger charge is 2.33. The fraction of sp³-hybridized carbons (Fsp3) is 0.481. The number of nitrogens with one attached hydrogen (secondary N) is 1. The van der Waals surface area contributed by atoms with E-state index in [2.05, 4.69) is 5.32 Å². The van der Waals surface area contributed by atoms with E-state index >= 15 is 0 Å². The number of nitrogens with zero attached hydrogens (tertiary/aromatic N) is 2. The Bertz CT molecular complexity index is 1190. The maximum Gasteiger partial charge on any atom is 0.243 e. The Hall–Kier alpha value is -2.71. The van der Waals surface area contributed by atoms with Crippen molar-refractivity contribution in [2.75, 3.05) is 25.0 Å². The predicted molar refractivity (Wildman–Crippen MR) is 136 cm³/mol. The second kappa shape index (κ2) is 10.5. The van der Waals surface area contributed by atoms with Gasteiger partial charge in [-0.1, -0.05) is 29.8 Å². The van der Waals surface area contributed by atoms with Gasteiger partial charge >= 0.3 is 0 Å². The summed E-state index contributed by atoms with van der Waals surface area (Å²) < 4.78 is 28.2. The summed E-state index contributed by atoms with van der Waals surface area (Å²) in [5.41, 5.74) is 4.25. The summed E-state index contributed by atoms with van der Waals surface area (Å²) in [6, 6.07) is 11.4. The monoisotopic (exact) mass is 497 g/mol. The van der Waals surface area contributed by atoms with Gasteiger partial charge in [0, 0.05) is 44.2 Å². The maximum absolute atomic E-state index is 13.3. The zero-order valence-electron chi connectivity index (χ0n) is 20.8. The van der Waals surface area contributed by atoms with Crippen LogP contribution in [0.3, 0.4) is 0 Å². The molecule has 8 heteroatoms. The average molecular weight is 498 g/mol. The summed E-state index contributed by atoms with van der Waals surface area (Å²) >= 11 is 0. The third-order valence-electron chi connectivity index (χ3n) is 7.02.